The minimum Gasteiger partial charge on any atom is -0.376 e. The first-order chi connectivity index (χ1) is 9.94. The van der Waals surface area contributed by atoms with E-state index in [9.17, 15) is 0 Å². The molecule has 0 amide bonds. The Kier molecular flexibility index (Phi) is 6.23. The van der Waals surface area contributed by atoms with Crippen molar-refractivity contribution in [3.8, 4) is 0 Å². The molecule has 0 aliphatic carbocycles. The molecule has 1 aliphatic heterocycles. The predicted octanol–water partition coefficient (Wildman–Crippen LogP) is 3.32. The van der Waals surface area contributed by atoms with Crippen LogP contribution in [0.2, 0.25) is 0 Å². The van der Waals surface area contributed by atoms with Gasteiger partial charge in [0.25, 0.3) is 0 Å². The van der Waals surface area contributed by atoms with Crippen LogP contribution in [-0.2, 0) is 11.3 Å². The zero-order valence-electron chi connectivity index (χ0n) is 14.0. The molecule has 1 atom stereocenters. The van der Waals surface area contributed by atoms with E-state index in [2.05, 4.69) is 55.3 Å². The summed E-state index contributed by atoms with van der Waals surface area (Å²) in [5, 5.41) is 2.18. The molecule has 120 valence electrons. The van der Waals surface area contributed by atoms with Gasteiger partial charge in [-0.25, -0.2) is 0 Å². The molecular formula is C17H30N2OS. The lowest BCUT2D eigenvalue weighted by molar-refractivity contribution is -0.0772. The van der Waals surface area contributed by atoms with E-state index < -0.39 is 0 Å². The summed E-state index contributed by atoms with van der Waals surface area (Å²) in [5.74, 6) is 0.760. The number of nitrogens with zero attached hydrogens (tertiary/aromatic N) is 2. The lowest BCUT2D eigenvalue weighted by atomic mass is 9.88. The second-order valence-electron chi connectivity index (χ2n) is 7.08. The second-order valence-corrected chi connectivity index (χ2v) is 8.12. The smallest absolute Gasteiger partial charge is 0.0629 e. The van der Waals surface area contributed by atoms with Crippen LogP contribution in [0.25, 0.3) is 0 Å². The number of likely N-dealkylation sites (N-methyl/N-ethyl adjacent to an activating group) is 1. The SMILES string of the molecule is CN(C)CCN(Cc1cccs1)C[C@H]1CCOC(C)(C)C1. The molecule has 0 saturated carbocycles. The van der Waals surface area contributed by atoms with Crippen LogP contribution >= 0.6 is 11.3 Å². The van der Waals surface area contributed by atoms with Crippen molar-refractivity contribution in [1.29, 1.82) is 0 Å². The molecular weight excluding hydrogens is 280 g/mol. The minimum atomic E-state index is 0.0546. The maximum absolute atomic E-state index is 5.86. The minimum absolute atomic E-state index is 0.0546. The largest absolute Gasteiger partial charge is 0.376 e. The first-order valence-corrected chi connectivity index (χ1v) is 8.86. The first-order valence-electron chi connectivity index (χ1n) is 7.98. The summed E-state index contributed by atoms with van der Waals surface area (Å²) in [6, 6.07) is 4.41. The van der Waals surface area contributed by atoms with Crippen LogP contribution in [0.1, 0.15) is 31.6 Å². The topological polar surface area (TPSA) is 15.7 Å². The molecule has 1 fully saturated rings. The monoisotopic (exact) mass is 310 g/mol. The quantitative estimate of drug-likeness (QED) is 0.768. The zero-order valence-corrected chi connectivity index (χ0v) is 14.8. The van der Waals surface area contributed by atoms with Crippen LogP contribution < -0.4 is 0 Å². The molecule has 3 nitrogen and oxygen atoms in total. The zero-order chi connectivity index (χ0) is 15.3. The van der Waals surface area contributed by atoms with E-state index in [0.29, 0.717) is 0 Å². The van der Waals surface area contributed by atoms with Gasteiger partial charge in [0.1, 0.15) is 0 Å². The van der Waals surface area contributed by atoms with Crippen molar-refractivity contribution in [3.63, 3.8) is 0 Å². The van der Waals surface area contributed by atoms with E-state index in [4.69, 9.17) is 4.74 Å². The first kappa shape index (κ1) is 16.9. The Labute approximate surface area is 133 Å². The Morgan fingerprint density at radius 1 is 1.33 bits per heavy atom. The molecule has 4 heteroatoms. The highest BCUT2D eigenvalue weighted by Gasteiger charge is 2.29. The maximum atomic E-state index is 5.86. The summed E-state index contributed by atoms with van der Waals surface area (Å²) in [7, 11) is 4.31. The summed E-state index contributed by atoms with van der Waals surface area (Å²) in [6.45, 7) is 9.91. The average molecular weight is 311 g/mol. The van der Waals surface area contributed by atoms with Crippen LogP contribution in [0.4, 0.5) is 0 Å². The van der Waals surface area contributed by atoms with Crippen molar-refractivity contribution in [1.82, 2.24) is 9.80 Å². The standard InChI is InChI=1S/C17H30N2OS/c1-17(2)12-15(7-10-20-17)13-19(9-8-18(3)4)14-16-6-5-11-21-16/h5-6,11,15H,7-10,12-14H2,1-4H3/t15-/m0/s1. The highest BCUT2D eigenvalue weighted by molar-refractivity contribution is 7.09. The number of ether oxygens (including phenoxy) is 1. The van der Waals surface area contributed by atoms with Crippen LogP contribution in [0.5, 0.6) is 0 Å². The Hall–Kier alpha value is -0.420. The normalized spacial score (nSPS) is 22.1. The van der Waals surface area contributed by atoms with E-state index in [1.807, 2.05) is 11.3 Å². The van der Waals surface area contributed by atoms with Crippen LogP contribution in [-0.4, -0.2) is 55.7 Å². The second kappa shape index (κ2) is 7.73. The summed E-state index contributed by atoms with van der Waals surface area (Å²) < 4.78 is 5.86. The lowest BCUT2D eigenvalue weighted by Gasteiger charge is -2.38. The van der Waals surface area contributed by atoms with Gasteiger partial charge in [-0.15, -0.1) is 11.3 Å². The van der Waals surface area contributed by atoms with Gasteiger partial charge in [-0.2, -0.15) is 0 Å². The van der Waals surface area contributed by atoms with Crippen molar-refractivity contribution in [2.24, 2.45) is 5.92 Å². The van der Waals surface area contributed by atoms with Crippen LogP contribution in [0.3, 0.4) is 0 Å². The number of hydrogen-bond donors (Lipinski definition) is 0. The van der Waals surface area contributed by atoms with Gasteiger partial charge in [0.05, 0.1) is 5.60 Å². The van der Waals surface area contributed by atoms with Gasteiger partial charge >= 0.3 is 0 Å². The molecule has 2 rings (SSSR count). The van der Waals surface area contributed by atoms with E-state index in [1.165, 1.54) is 24.3 Å². The highest BCUT2D eigenvalue weighted by Crippen LogP contribution is 2.29. The van der Waals surface area contributed by atoms with E-state index in [0.717, 1.165) is 32.2 Å². The molecule has 1 aliphatic rings. The fraction of sp³-hybridized carbons (Fsp3) is 0.765. The number of hydrogen-bond acceptors (Lipinski definition) is 4. The van der Waals surface area contributed by atoms with Crippen molar-refractivity contribution < 1.29 is 4.74 Å². The Bertz CT molecular complexity index is 403. The number of thiophene rings is 1. The molecule has 2 heterocycles. The molecule has 1 aromatic heterocycles. The third-order valence-electron chi connectivity index (χ3n) is 4.14. The van der Waals surface area contributed by atoms with Gasteiger partial charge in [0.2, 0.25) is 0 Å². The summed E-state index contributed by atoms with van der Waals surface area (Å²) in [4.78, 5) is 6.37. The molecule has 0 aromatic carbocycles. The molecule has 0 bridgehead atoms. The van der Waals surface area contributed by atoms with Gasteiger partial charge < -0.3 is 9.64 Å². The third kappa shape index (κ3) is 6.07. The molecule has 1 aromatic rings. The molecule has 0 spiro atoms. The van der Waals surface area contributed by atoms with Gasteiger partial charge in [-0.3, -0.25) is 4.90 Å². The van der Waals surface area contributed by atoms with E-state index >= 15 is 0 Å². The lowest BCUT2D eigenvalue weighted by Crippen LogP contribution is -2.41. The fourth-order valence-corrected chi connectivity index (χ4v) is 3.82. The fourth-order valence-electron chi connectivity index (χ4n) is 3.08. The van der Waals surface area contributed by atoms with Gasteiger partial charge in [0, 0.05) is 37.7 Å². The molecule has 0 unspecified atom stereocenters. The molecule has 1 saturated heterocycles. The van der Waals surface area contributed by atoms with Gasteiger partial charge in [-0.1, -0.05) is 6.07 Å². The number of rotatable bonds is 7. The van der Waals surface area contributed by atoms with E-state index in [1.54, 1.807) is 0 Å². The van der Waals surface area contributed by atoms with Crippen molar-refractivity contribution in [2.75, 3.05) is 40.3 Å². The highest BCUT2D eigenvalue weighted by atomic mass is 32.1. The predicted molar refractivity (Wildman–Crippen MR) is 90.9 cm³/mol. The molecule has 21 heavy (non-hydrogen) atoms. The van der Waals surface area contributed by atoms with Crippen molar-refractivity contribution in [2.45, 2.75) is 38.8 Å². The Morgan fingerprint density at radius 2 is 2.14 bits per heavy atom. The van der Waals surface area contributed by atoms with Crippen molar-refractivity contribution in [3.05, 3.63) is 22.4 Å². The Morgan fingerprint density at radius 3 is 2.76 bits per heavy atom. The van der Waals surface area contributed by atoms with Gasteiger partial charge in [0.15, 0.2) is 0 Å². The summed E-state index contributed by atoms with van der Waals surface area (Å²) in [6.07, 6.45) is 2.38. The van der Waals surface area contributed by atoms with Gasteiger partial charge in [-0.05, 0) is 58.1 Å². The van der Waals surface area contributed by atoms with Crippen LogP contribution in [0.15, 0.2) is 17.5 Å². The van der Waals surface area contributed by atoms with Crippen molar-refractivity contribution >= 4 is 11.3 Å². The Balaban J connectivity index is 1.91. The summed E-state index contributed by atoms with van der Waals surface area (Å²) in [5.41, 5.74) is 0.0546. The third-order valence-corrected chi connectivity index (χ3v) is 5.00. The molecule has 0 N–H and O–H groups in total. The average Bonchev–Trinajstić information content (AvgIpc) is 2.87. The maximum Gasteiger partial charge on any atom is 0.0629 e. The van der Waals surface area contributed by atoms with Crippen LogP contribution in [0, 0.1) is 5.92 Å². The van der Waals surface area contributed by atoms with E-state index in [-0.39, 0.29) is 5.60 Å². The summed E-state index contributed by atoms with van der Waals surface area (Å²) >= 11 is 1.87. The molecule has 0 radical (unpaired) electrons.